The highest BCUT2D eigenvalue weighted by Crippen LogP contribution is 2.17. The minimum atomic E-state index is 0.114. The predicted molar refractivity (Wildman–Crippen MR) is 78.7 cm³/mol. The largest absolute Gasteiger partial charge is 0.380 e. The summed E-state index contributed by atoms with van der Waals surface area (Å²) in [6.45, 7) is 7.43. The van der Waals surface area contributed by atoms with Crippen molar-refractivity contribution >= 4 is 0 Å². The second-order valence-corrected chi connectivity index (χ2v) is 4.86. The van der Waals surface area contributed by atoms with Crippen molar-refractivity contribution in [1.29, 1.82) is 0 Å². The lowest BCUT2D eigenvalue weighted by atomic mass is 9.94. The Morgan fingerprint density at radius 1 is 1.16 bits per heavy atom. The van der Waals surface area contributed by atoms with Gasteiger partial charge in [0, 0.05) is 18.9 Å². The molecule has 0 aliphatic carbocycles. The van der Waals surface area contributed by atoms with E-state index in [0.29, 0.717) is 19.1 Å². The van der Waals surface area contributed by atoms with E-state index in [0.717, 1.165) is 0 Å². The topological polar surface area (TPSA) is 18.5 Å². The summed E-state index contributed by atoms with van der Waals surface area (Å²) < 4.78 is 11.3. The molecule has 0 unspecified atom stereocenters. The number of ether oxygens (including phenoxy) is 2. The van der Waals surface area contributed by atoms with Gasteiger partial charge in [-0.15, -0.1) is 5.92 Å². The zero-order chi connectivity index (χ0) is 14.1. The van der Waals surface area contributed by atoms with Crippen molar-refractivity contribution in [2.45, 2.75) is 33.5 Å². The van der Waals surface area contributed by atoms with Crippen LogP contribution in [0, 0.1) is 23.7 Å². The molecule has 2 nitrogen and oxygen atoms in total. The summed E-state index contributed by atoms with van der Waals surface area (Å²) in [5.74, 6) is 6.65. The molecule has 0 saturated heterocycles. The molecule has 0 bridgehead atoms. The Balaban J connectivity index is 2.40. The molecule has 1 aromatic carbocycles. The maximum absolute atomic E-state index is 5.76. The molecule has 0 aliphatic rings. The van der Waals surface area contributed by atoms with E-state index in [1.165, 1.54) is 5.56 Å². The minimum absolute atomic E-state index is 0.114. The van der Waals surface area contributed by atoms with Crippen molar-refractivity contribution in [2.24, 2.45) is 11.8 Å². The van der Waals surface area contributed by atoms with Gasteiger partial charge < -0.3 is 9.47 Å². The van der Waals surface area contributed by atoms with Gasteiger partial charge in [0.2, 0.25) is 0 Å². The molecule has 1 rings (SSSR count). The van der Waals surface area contributed by atoms with Gasteiger partial charge in [-0.25, -0.2) is 0 Å². The molecule has 0 radical (unpaired) electrons. The van der Waals surface area contributed by atoms with Crippen molar-refractivity contribution in [3.05, 3.63) is 35.9 Å². The van der Waals surface area contributed by atoms with Crippen molar-refractivity contribution in [2.75, 3.05) is 13.7 Å². The van der Waals surface area contributed by atoms with Crippen LogP contribution in [0.4, 0.5) is 0 Å². The van der Waals surface area contributed by atoms with Crippen LogP contribution in [0.1, 0.15) is 26.3 Å². The van der Waals surface area contributed by atoms with E-state index < -0.39 is 0 Å². The second kappa shape index (κ2) is 8.74. The molecular formula is C17H24O2. The summed E-state index contributed by atoms with van der Waals surface area (Å²) in [4.78, 5) is 0. The molecule has 104 valence electrons. The lowest BCUT2D eigenvalue weighted by Gasteiger charge is -2.25. The van der Waals surface area contributed by atoms with Crippen LogP contribution in [0.15, 0.2) is 30.3 Å². The molecule has 0 N–H and O–H groups in total. The monoisotopic (exact) mass is 260 g/mol. The summed E-state index contributed by atoms with van der Waals surface area (Å²) in [6.07, 6.45) is 0.114. The molecule has 0 saturated carbocycles. The van der Waals surface area contributed by atoms with Crippen LogP contribution in [-0.4, -0.2) is 19.8 Å². The van der Waals surface area contributed by atoms with Crippen molar-refractivity contribution in [3.8, 4) is 11.8 Å². The van der Waals surface area contributed by atoms with Gasteiger partial charge in [0.15, 0.2) is 0 Å². The first-order valence-electron chi connectivity index (χ1n) is 6.75. The SMILES string of the molecule is CC#C[C@H](C)[C@@H](OC)[C@@H](C)COCc1ccccc1. The smallest absolute Gasteiger partial charge is 0.0753 e. The lowest BCUT2D eigenvalue weighted by Crippen LogP contribution is -2.30. The molecule has 19 heavy (non-hydrogen) atoms. The van der Waals surface area contributed by atoms with Crippen LogP contribution in [0.3, 0.4) is 0 Å². The third kappa shape index (κ3) is 5.46. The lowest BCUT2D eigenvalue weighted by molar-refractivity contribution is -0.0115. The maximum Gasteiger partial charge on any atom is 0.0753 e. The first-order chi connectivity index (χ1) is 9.19. The quantitative estimate of drug-likeness (QED) is 0.698. The highest BCUT2D eigenvalue weighted by Gasteiger charge is 2.22. The number of hydrogen-bond acceptors (Lipinski definition) is 2. The fourth-order valence-electron chi connectivity index (χ4n) is 2.27. The molecule has 0 heterocycles. The fourth-order valence-corrected chi connectivity index (χ4v) is 2.27. The van der Waals surface area contributed by atoms with Crippen LogP contribution >= 0.6 is 0 Å². The van der Waals surface area contributed by atoms with Gasteiger partial charge >= 0.3 is 0 Å². The number of methoxy groups -OCH3 is 1. The first-order valence-corrected chi connectivity index (χ1v) is 6.75. The van der Waals surface area contributed by atoms with Gasteiger partial charge in [0.1, 0.15) is 0 Å². The molecule has 0 fully saturated rings. The van der Waals surface area contributed by atoms with E-state index in [1.54, 1.807) is 7.11 Å². The predicted octanol–water partition coefficient (Wildman–Crippen LogP) is 3.51. The van der Waals surface area contributed by atoms with Crippen LogP contribution in [0.25, 0.3) is 0 Å². The molecule has 0 aromatic heterocycles. The normalized spacial score (nSPS) is 15.2. The summed E-state index contributed by atoms with van der Waals surface area (Å²) in [6, 6.07) is 10.2. The summed E-state index contributed by atoms with van der Waals surface area (Å²) in [5.41, 5.74) is 1.20. The van der Waals surface area contributed by atoms with Crippen molar-refractivity contribution in [3.63, 3.8) is 0 Å². The zero-order valence-corrected chi connectivity index (χ0v) is 12.3. The maximum atomic E-state index is 5.76. The second-order valence-electron chi connectivity index (χ2n) is 4.86. The summed E-state index contributed by atoms with van der Waals surface area (Å²) in [7, 11) is 1.74. The Morgan fingerprint density at radius 2 is 1.84 bits per heavy atom. The van der Waals surface area contributed by atoms with Crippen molar-refractivity contribution < 1.29 is 9.47 Å². The molecule has 1 aromatic rings. The van der Waals surface area contributed by atoms with Gasteiger partial charge in [-0.05, 0) is 19.4 Å². The molecule has 0 amide bonds. The average molecular weight is 260 g/mol. The third-order valence-corrected chi connectivity index (χ3v) is 3.19. The average Bonchev–Trinajstić information content (AvgIpc) is 2.41. The standard InChI is InChI=1S/C17H24O2/c1-5-9-14(2)17(18-4)15(3)12-19-13-16-10-7-6-8-11-16/h6-8,10-11,14-15,17H,12-13H2,1-4H3/t14-,15-,17+/m0/s1. The van der Waals surface area contributed by atoms with E-state index >= 15 is 0 Å². The molecule has 3 atom stereocenters. The number of benzene rings is 1. The highest BCUT2D eigenvalue weighted by atomic mass is 16.5. The van der Waals surface area contributed by atoms with E-state index in [1.807, 2.05) is 25.1 Å². The van der Waals surface area contributed by atoms with E-state index in [2.05, 4.69) is 37.8 Å². The fraction of sp³-hybridized carbons (Fsp3) is 0.529. The van der Waals surface area contributed by atoms with Crippen molar-refractivity contribution in [1.82, 2.24) is 0 Å². The molecule has 2 heteroatoms. The highest BCUT2D eigenvalue weighted by molar-refractivity contribution is 5.13. The summed E-state index contributed by atoms with van der Waals surface area (Å²) >= 11 is 0. The van der Waals surface area contributed by atoms with Gasteiger partial charge in [-0.2, -0.15) is 0 Å². The number of hydrogen-bond donors (Lipinski definition) is 0. The Bertz CT molecular complexity index is 402. The van der Waals surface area contributed by atoms with Gasteiger partial charge in [0.05, 0.1) is 19.3 Å². The Morgan fingerprint density at radius 3 is 2.42 bits per heavy atom. The minimum Gasteiger partial charge on any atom is -0.380 e. The number of rotatable bonds is 7. The Kier molecular flexibility index (Phi) is 7.25. The van der Waals surface area contributed by atoms with E-state index in [4.69, 9.17) is 9.47 Å². The molecule has 0 spiro atoms. The van der Waals surface area contributed by atoms with Crippen LogP contribution in [0.2, 0.25) is 0 Å². The van der Waals surface area contributed by atoms with Gasteiger partial charge in [-0.3, -0.25) is 0 Å². The van der Waals surface area contributed by atoms with Crippen LogP contribution in [0.5, 0.6) is 0 Å². The van der Waals surface area contributed by atoms with Crippen LogP contribution in [-0.2, 0) is 16.1 Å². The van der Waals surface area contributed by atoms with Gasteiger partial charge in [-0.1, -0.05) is 43.2 Å². The molecular weight excluding hydrogens is 236 g/mol. The first kappa shape index (κ1) is 15.8. The molecule has 0 aliphatic heterocycles. The third-order valence-electron chi connectivity index (χ3n) is 3.19. The zero-order valence-electron chi connectivity index (χ0n) is 12.3. The van der Waals surface area contributed by atoms with Gasteiger partial charge in [0.25, 0.3) is 0 Å². The Hall–Kier alpha value is -1.30. The Labute approximate surface area is 117 Å². The summed E-state index contributed by atoms with van der Waals surface area (Å²) in [5, 5.41) is 0. The van der Waals surface area contributed by atoms with E-state index in [-0.39, 0.29) is 12.0 Å². The van der Waals surface area contributed by atoms with Crippen LogP contribution < -0.4 is 0 Å². The van der Waals surface area contributed by atoms with E-state index in [9.17, 15) is 0 Å².